The van der Waals surface area contributed by atoms with Gasteiger partial charge in [0, 0.05) is 18.0 Å². The summed E-state index contributed by atoms with van der Waals surface area (Å²) in [6.07, 6.45) is 4.66. The molecule has 0 saturated carbocycles. The number of rotatable bonds is 4. The topological polar surface area (TPSA) is 96.7 Å². The molecule has 0 radical (unpaired) electrons. The summed E-state index contributed by atoms with van der Waals surface area (Å²) in [6, 6.07) is 1.60. The smallest absolute Gasteiger partial charge is 0.290 e. The summed E-state index contributed by atoms with van der Waals surface area (Å²) in [5.74, 6) is 1.37. The summed E-state index contributed by atoms with van der Waals surface area (Å²) in [4.78, 5) is 21.4. The minimum Gasteiger partial charge on any atom is -0.360 e. The molecule has 2 aromatic rings. The second-order valence-corrected chi connectivity index (χ2v) is 3.95. The number of anilines is 1. The zero-order valence-electron chi connectivity index (χ0n) is 10.0. The second kappa shape index (κ2) is 4.82. The maximum absolute atomic E-state index is 10.7. The molecule has 7 nitrogen and oxygen atoms in total. The van der Waals surface area contributed by atoms with Crippen LogP contribution in [0.2, 0.25) is 0 Å². The van der Waals surface area contributed by atoms with Crippen LogP contribution < -0.4 is 5.32 Å². The lowest BCUT2D eigenvalue weighted by molar-refractivity contribution is -0.385. The maximum atomic E-state index is 10.7. The van der Waals surface area contributed by atoms with Gasteiger partial charge in [0.1, 0.15) is 17.8 Å². The van der Waals surface area contributed by atoms with E-state index in [-0.39, 0.29) is 11.7 Å². The lowest BCUT2D eigenvalue weighted by Crippen LogP contribution is -2.10. The van der Waals surface area contributed by atoms with E-state index in [1.807, 2.05) is 6.92 Å². The minimum absolute atomic E-state index is 0.0196. The Hall–Kier alpha value is -2.44. The quantitative estimate of drug-likeness (QED) is 0.637. The van der Waals surface area contributed by atoms with Gasteiger partial charge in [0.2, 0.25) is 0 Å². The van der Waals surface area contributed by atoms with Gasteiger partial charge in [-0.05, 0) is 19.9 Å². The van der Waals surface area contributed by atoms with Gasteiger partial charge in [-0.15, -0.1) is 0 Å². The average molecular weight is 247 g/mol. The van der Waals surface area contributed by atoms with E-state index in [1.165, 1.54) is 6.20 Å². The van der Waals surface area contributed by atoms with E-state index in [9.17, 15) is 10.1 Å². The molecule has 1 unspecified atom stereocenters. The third kappa shape index (κ3) is 2.45. The first-order chi connectivity index (χ1) is 8.58. The van der Waals surface area contributed by atoms with Crippen LogP contribution in [-0.4, -0.2) is 19.9 Å². The van der Waals surface area contributed by atoms with Crippen LogP contribution in [0.15, 0.2) is 24.7 Å². The van der Waals surface area contributed by atoms with Crippen LogP contribution in [-0.2, 0) is 0 Å². The molecule has 0 bridgehead atoms. The zero-order valence-corrected chi connectivity index (χ0v) is 10.0. The second-order valence-electron chi connectivity index (χ2n) is 3.95. The molecule has 0 saturated heterocycles. The molecule has 94 valence electrons. The summed E-state index contributed by atoms with van der Waals surface area (Å²) in [5.41, 5.74) is 0.593. The van der Waals surface area contributed by atoms with E-state index < -0.39 is 4.92 Å². The van der Waals surface area contributed by atoms with E-state index in [1.54, 1.807) is 25.4 Å². The number of H-pyrrole nitrogens is 1. The molecule has 7 heteroatoms. The van der Waals surface area contributed by atoms with E-state index >= 15 is 0 Å². The van der Waals surface area contributed by atoms with Gasteiger partial charge in [-0.25, -0.2) is 9.97 Å². The highest BCUT2D eigenvalue weighted by Gasteiger charge is 2.13. The molecule has 2 heterocycles. The van der Waals surface area contributed by atoms with E-state index in [0.29, 0.717) is 11.4 Å². The monoisotopic (exact) mass is 247 g/mol. The Bertz CT molecular complexity index is 553. The Labute approximate surface area is 103 Å². The number of nitro groups is 1. The summed E-state index contributed by atoms with van der Waals surface area (Å²) < 4.78 is 0. The number of imidazole rings is 1. The number of aromatic amines is 1. The van der Waals surface area contributed by atoms with Gasteiger partial charge < -0.3 is 10.3 Å². The summed E-state index contributed by atoms with van der Waals surface area (Å²) >= 11 is 0. The zero-order chi connectivity index (χ0) is 13.1. The van der Waals surface area contributed by atoms with Crippen LogP contribution >= 0.6 is 0 Å². The molecular weight excluding hydrogens is 234 g/mol. The fraction of sp³-hybridized carbons (Fsp3) is 0.273. The van der Waals surface area contributed by atoms with Crippen molar-refractivity contribution in [1.82, 2.24) is 15.0 Å². The number of aromatic nitrogens is 3. The predicted octanol–water partition coefficient (Wildman–Crippen LogP) is 2.19. The van der Waals surface area contributed by atoms with Crippen molar-refractivity contribution in [2.45, 2.75) is 19.9 Å². The highest BCUT2D eigenvalue weighted by molar-refractivity contribution is 5.47. The lowest BCUT2D eigenvalue weighted by atomic mass is 10.2. The first-order valence-electron chi connectivity index (χ1n) is 5.45. The third-order valence-electron chi connectivity index (χ3n) is 2.57. The fourth-order valence-electron chi connectivity index (χ4n) is 1.62. The Morgan fingerprint density at radius 2 is 2.28 bits per heavy atom. The molecule has 0 spiro atoms. The normalized spacial score (nSPS) is 12.1. The van der Waals surface area contributed by atoms with Gasteiger partial charge in [0.05, 0.1) is 11.0 Å². The molecule has 0 aliphatic carbocycles. The van der Waals surface area contributed by atoms with E-state index in [4.69, 9.17) is 0 Å². The Balaban J connectivity index is 2.15. The number of nitrogens with one attached hydrogen (secondary N) is 2. The van der Waals surface area contributed by atoms with Crippen LogP contribution in [0.1, 0.15) is 24.4 Å². The van der Waals surface area contributed by atoms with Crippen LogP contribution in [0.25, 0.3) is 0 Å². The SMILES string of the molecule is Cc1cc(NC(C)c2ncc[nH]2)ncc1[N+](=O)[O-]. The van der Waals surface area contributed by atoms with Crippen LogP contribution in [0.3, 0.4) is 0 Å². The number of aryl methyl sites for hydroxylation is 1. The number of hydrogen-bond donors (Lipinski definition) is 2. The van der Waals surface area contributed by atoms with Gasteiger partial charge in [0.25, 0.3) is 5.69 Å². The Morgan fingerprint density at radius 3 is 2.83 bits per heavy atom. The van der Waals surface area contributed by atoms with E-state index in [0.717, 1.165) is 5.82 Å². The molecule has 18 heavy (non-hydrogen) atoms. The molecule has 2 rings (SSSR count). The first-order valence-corrected chi connectivity index (χ1v) is 5.45. The fourth-order valence-corrected chi connectivity index (χ4v) is 1.62. The maximum Gasteiger partial charge on any atom is 0.290 e. The van der Waals surface area contributed by atoms with Gasteiger partial charge in [-0.3, -0.25) is 10.1 Å². The summed E-state index contributed by atoms with van der Waals surface area (Å²) in [5, 5.41) is 13.8. The highest BCUT2D eigenvalue weighted by atomic mass is 16.6. The van der Waals surface area contributed by atoms with E-state index in [2.05, 4.69) is 20.3 Å². The third-order valence-corrected chi connectivity index (χ3v) is 2.57. The molecule has 2 aromatic heterocycles. The minimum atomic E-state index is -0.442. The van der Waals surface area contributed by atoms with Crippen molar-refractivity contribution in [2.75, 3.05) is 5.32 Å². The first kappa shape index (κ1) is 12.0. The summed E-state index contributed by atoms with van der Waals surface area (Å²) in [7, 11) is 0. The predicted molar refractivity (Wildman–Crippen MR) is 66.3 cm³/mol. The highest BCUT2D eigenvalue weighted by Crippen LogP contribution is 2.21. The molecule has 0 aliphatic rings. The van der Waals surface area contributed by atoms with Crippen molar-refractivity contribution in [2.24, 2.45) is 0 Å². The van der Waals surface area contributed by atoms with Crippen molar-refractivity contribution in [3.8, 4) is 0 Å². The van der Waals surface area contributed by atoms with Crippen molar-refractivity contribution < 1.29 is 4.92 Å². The molecule has 2 N–H and O–H groups in total. The lowest BCUT2D eigenvalue weighted by Gasteiger charge is -2.12. The Kier molecular flexibility index (Phi) is 3.22. The van der Waals surface area contributed by atoms with Crippen LogP contribution in [0, 0.1) is 17.0 Å². The van der Waals surface area contributed by atoms with Gasteiger partial charge >= 0.3 is 0 Å². The molecule has 0 fully saturated rings. The molecule has 0 amide bonds. The number of pyridine rings is 1. The van der Waals surface area contributed by atoms with Crippen molar-refractivity contribution in [3.63, 3.8) is 0 Å². The molecular formula is C11H13N5O2. The van der Waals surface area contributed by atoms with Crippen molar-refractivity contribution >= 4 is 11.5 Å². The standard InChI is InChI=1S/C11H13N5O2/c1-7-5-10(14-6-9(7)16(17)18)15-8(2)11-12-3-4-13-11/h3-6,8H,1-2H3,(H,12,13)(H,14,15). The molecule has 0 aliphatic heterocycles. The average Bonchev–Trinajstić information content (AvgIpc) is 2.81. The van der Waals surface area contributed by atoms with Gasteiger partial charge in [-0.1, -0.05) is 0 Å². The van der Waals surface area contributed by atoms with Gasteiger partial charge in [0.15, 0.2) is 0 Å². The largest absolute Gasteiger partial charge is 0.360 e. The molecule has 0 aromatic carbocycles. The van der Waals surface area contributed by atoms with Gasteiger partial charge in [-0.2, -0.15) is 0 Å². The Morgan fingerprint density at radius 1 is 1.50 bits per heavy atom. The van der Waals surface area contributed by atoms with Crippen molar-refractivity contribution in [1.29, 1.82) is 0 Å². The van der Waals surface area contributed by atoms with Crippen LogP contribution in [0.4, 0.5) is 11.5 Å². The molecule has 1 atom stereocenters. The number of hydrogen-bond acceptors (Lipinski definition) is 5. The van der Waals surface area contributed by atoms with Crippen LogP contribution in [0.5, 0.6) is 0 Å². The summed E-state index contributed by atoms with van der Waals surface area (Å²) in [6.45, 7) is 3.61. The van der Waals surface area contributed by atoms with Crippen molar-refractivity contribution in [3.05, 3.63) is 46.2 Å². The number of nitrogens with zero attached hydrogens (tertiary/aromatic N) is 3.